The molecule has 0 atom stereocenters. The van der Waals surface area contributed by atoms with E-state index in [1.165, 1.54) is 7.22 Å². The van der Waals surface area contributed by atoms with Crippen LogP contribution in [0.15, 0.2) is 48.5 Å². The van der Waals surface area contributed by atoms with E-state index >= 15 is 0 Å². The fourth-order valence-corrected chi connectivity index (χ4v) is 3.75. The van der Waals surface area contributed by atoms with E-state index in [1.807, 2.05) is 24.3 Å². The van der Waals surface area contributed by atoms with Crippen LogP contribution in [0, 0.1) is 0 Å². The molecular weight excluding hydrogens is 399 g/mol. The van der Waals surface area contributed by atoms with E-state index < -0.39 is 0 Å². The summed E-state index contributed by atoms with van der Waals surface area (Å²) in [4.78, 5) is 0. The molecular formula is C14H16Cl2O2Te+. The maximum absolute atomic E-state index is 5.15. The van der Waals surface area contributed by atoms with Crippen molar-refractivity contribution in [2.45, 2.75) is 0 Å². The molecule has 103 valence electrons. The van der Waals surface area contributed by atoms with Crippen LogP contribution in [-0.4, -0.2) is 35.1 Å². The number of rotatable bonds is 4. The van der Waals surface area contributed by atoms with Gasteiger partial charge >= 0.3 is 112 Å². The van der Waals surface area contributed by atoms with Crippen molar-refractivity contribution >= 4 is 53.0 Å². The van der Waals surface area contributed by atoms with Gasteiger partial charge in [-0.05, 0) is 0 Å². The Morgan fingerprint density at radius 1 is 0.632 bits per heavy atom. The van der Waals surface area contributed by atoms with Gasteiger partial charge < -0.3 is 0 Å². The van der Waals surface area contributed by atoms with E-state index in [0.717, 1.165) is 11.5 Å². The number of hydrogen-bond donors (Lipinski definition) is 0. The number of ether oxygens (including phenoxy) is 2. The molecule has 0 N–H and O–H groups in total. The third-order valence-corrected chi connectivity index (χ3v) is 5.25. The van der Waals surface area contributed by atoms with Crippen molar-refractivity contribution in [3.8, 4) is 11.5 Å². The fraction of sp³-hybridized carbons (Fsp3) is 0.143. The molecule has 2 nitrogen and oxygen atoms in total. The number of halogens is 2. The van der Waals surface area contributed by atoms with Crippen LogP contribution in [0.1, 0.15) is 0 Å². The van der Waals surface area contributed by atoms with Crippen LogP contribution >= 0.6 is 24.8 Å². The van der Waals surface area contributed by atoms with Crippen molar-refractivity contribution in [2.75, 3.05) is 14.2 Å². The predicted octanol–water partition coefficient (Wildman–Crippen LogP) is 2.20. The molecule has 0 fully saturated rings. The summed E-state index contributed by atoms with van der Waals surface area (Å²) >= 11 is -0.308. The molecule has 0 aliphatic carbocycles. The van der Waals surface area contributed by atoms with Crippen LogP contribution in [0.4, 0.5) is 0 Å². The quantitative estimate of drug-likeness (QED) is 0.714. The summed E-state index contributed by atoms with van der Waals surface area (Å²) in [5.74, 6) is 1.83. The first kappa shape index (κ1) is 18.4. The van der Waals surface area contributed by atoms with E-state index in [9.17, 15) is 0 Å². The number of benzene rings is 2. The van der Waals surface area contributed by atoms with Gasteiger partial charge in [-0.3, -0.25) is 0 Å². The molecule has 2 aromatic rings. The molecule has 0 bridgehead atoms. The Balaban J connectivity index is 0.00000162. The van der Waals surface area contributed by atoms with Gasteiger partial charge in [-0.2, -0.15) is 0 Å². The second-order valence-corrected chi connectivity index (χ2v) is 6.73. The standard InChI is InChI=1S/C14H14O2Te.2ClH/c1-15-11-3-7-13(8-4-11)17-14-9-5-12(16-2)6-10-14;;/h3-10H,1-2H3;2*1H/q+1;;. The molecule has 2 aromatic carbocycles. The zero-order valence-corrected chi connectivity index (χ0v) is 14.6. The normalized spacial score (nSPS) is 8.95. The minimum Gasteiger partial charge on any atom is -0.147 e. The van der Waals surface area contributed by atoms with Gasteiger partial charge in [0.25, 0.3) is 0 Å². The maximum Gasteiger partial charge on any atom is -0.147 e. The summed E-state index contributed by atoms with van der Waals surface area (Å²) in [5, 5.41) is 0. The zero-order valence-electron chi connectivity index (χ0n) is 10.7. The van der Waals surface area contributed by atoms with Crippen molar-refractivity contribution in [1.29, 1.82) is 0 Å². The first-order valence-corrected chi connectivity index (χ1v) is 7.61. The van der Waals surface area contributed by atoms with Gasteiger partial charge in [0.2, 0.25) is 0 Å². The maximum atomic E-state index is 5.15. The van der Waals surface area contributed by atoms with Gasteiger partial charge in [-0.25, -0.2) is 0 Å². The van der Waals surface area contributed by atoms with E-state index in [0.29, 0.717) is 0 Å². The SMILES string of the molecule is COc1ccc([Te+]c2ccc(OC)cc2)cc1.Cl.Cl. The average molecular weight is 415 g/mol. The zero-order chi connectivity index (χ0) is 12.1. The summed E-state index contributed by atoms with van der Waals surface area (Å²) in [6.45, 7) is 0. The summed E-state index contributed by atoms with van der Waals surface area (Å²) in [6.07, 6.45) is 0. The van der Waals surface area contributed by atoms with Crippen LogP contribution in [0.5, 0.6) is 11.5 Å². The Bertz CT molecular complexity index is 426. The van der Waals surface area contributed by atoms with E-state index in [4.69, 9.17) is 9.47 Å². The van der Waals surface area contributed by atoms with Crippen LogP contribution in [0.3, 0.4) is 0 Å². The Hall–Kier alpha value is -0.590. The minimum atomic E-state index is -0.308. The second kappa shape index (κ2) is 9.34. The second-order valence-electron chi connectivity index (χ2n) is 3.45. The molecule has 0 unspecified atom stereocenters. The van der Waals surface area contributed by atoms with Gasteiger partial charge in [0.15, 0.2) is 0 Å². The van der Waals surface area contributed by atoms with Crippen LogP contribution in [0.2, 0.25) is 0 Å². The molecule has 0 aliphatic heterocycles. The molecule has 0 aliphatic rings. The van der Waals surface area contributed by atoms with Crippen molar-refractivity contribution in [2.24, 2.45) is 0 Å². The molecule has 19 heavy (non-hydrogen) atoms. The van der Waals surface area contributed by atoms with Crippen molar-refractivity contribution in [3.05, 3.63) is 48.5 Å². The minimum absolute atomic E-state index is 0. The van der Waals surface area contributed by atoms with Gasteiger partial charge in [0.05, 0.1) is 0 Å². The molecule has 2 rings (SSSR count). The van der Waals surface area contributed by atoms with Crippen molar-refractivity contribution < 1.29 is 9.47 Å². The van der Waals surface area contributed by atoms with E-state index in [1.54, 1.807) is 14.2 Å². The van der Waals surface area contributed by atoms with Crippen molar-refractivity contribution in [1.82, 2.24) is 0 Å². The Kier molecular flexibility index (Phi) is 9.04. The van der Waals surface area contributed by atoms with E-state index in [2.05, 4.69) is 24.3 Å². The summed E-state index contributed by atoms with van der Waals surface area (Å²) < 4.78 is 13.1. The fourth-order valence-electron chi connectivity index (χ4n) is 1.42. The summed E-state index contributed by atoms with van der Waals surface area (Å²) in [7, 11) is 3.38. The average Bonchev–Trinajstić information content (AvgIpc) is 2.40. The smallest absolute Gasteiger partial charge is 0.147 e. The third kappa shape index (κ3) is 5.50. The predicted molar refractivity (Wildman–Crippen MR) is 85.5 cm³/mol. The molecule has 5 heteroatoms. The first-order valence-electron chi connectivity index (χ1n) is 5.28. The Morgan fingerprint density at radius 2 is 0.947 bits per heavy atom. The van der Waals surface area contributed by atoms with Gasteiger partial charge in [0.1, 0.15) is 0 Å². The summed E-state index contributed by atoms with van der Waals surface area (Å²) in [5.41, 5.74) is 0. The number of hydrogen-bond acceptors (Lipinski definition) is 2. The van der Waals surface area contributed by atoms with Crippen LogP contribution < -0.4 is 16.7 Å². The first-order chi connectivity index (χ1) is 8.31. The molecule has 0 saturated heterocycles. The van der Waals surface area contributed by atoms with Crippen LogP contribution in [0.25, 0.3) is 0 Å². The summed E-state index contributed by atoms with van der Waals surface area (Å²) in [6, 6.07) is 16.6. The monoisotopic (exact) mass is 416 g/mol. The topological polar surface area (TPSA) is 18.5 Å². The molecule has 0 aromatic heterocycles. The van der Waals surface area contributed by atoms with Gasteiger partial charge in [-0.15, -0.1) is 24.8 Å². The van der Waals surface area contributed by atoms with Gasteiger partial charge in [-0.1, -0.05) is 0 Å². The van der Waals surface area contributed by atoms with E-state index in [-0.39, 0.29) is 45.7 Å². The molecule has 0 amide bonds. The number of methoxy groups -OCH3 is 2. The third-order valence-electron chi connectivity index (χ3n) is 2.35. The molecule has 0 saturated carbocycles. The molecule has 1 radical (unpaired) electrons. The molecule has 0 spiro atoms. The largest absolute Gasteiger partial charge is 0.147 e. The Morgan fingerprint density at radius 3 is 1.21 bits per heavy atom. The van der Waals surface area contributed by atoms with Crippen LogP contribution in [-0.2, 0) is 0 Å². The van der Waals surface area contributed by atoms with Crippen molar-refractivity contribution in [3.63, 3.8) is 0 Å². The molecule has 0 heterocycles. The van der Waals surface area contributed by atoms with Gasteiger partial charge in [0, 0.05) is 0 Å². The Labute approximate surface area is 136 Å².